The summed E-state index contributed by atoms with van der Waals surface area (Å²) in [4.78, 5) is 28.0. The minimum atomic E-state index is -3.71. The topological polar surface area (TPSA) is 119 Å². The average Bonchev–Trinajstić information content (AvgIpc) is 2.60. The minimum absolute atomic E-state index is 0.0145. The molecule has 0 saturated heterocycles. The smallest absolute Gasteiger partial charge is 0.229 e. The van der Waals surface area contributed by atoms with E-state index in [1.54, 1.807) is 18.2 Å². The maximum absolute atomic E-state index is 13.1. The van der Waals surface area contributed by atoms with Crippen molar-refractivity contribution in [2.24, 2.45) is 0 Å². The Morgan fingerprint density at radius 1 is 1.07 bits per heavy atom. The number of carbonyl (C=O) groups excluding carboxylic acids is 2. The van der Waals surface area contributed by atoms with Crippen molar-refractivity contribution in [3.05, 3.63) is 52.6 Å². The van der Waals surface area contributed by atoms with Gasteiger partial charge in [-0.15, -0.1) is 0 Å². The summed E-state index contributed by atoms with van der Waals surface area (Å²) in [7, 11) is 0.0302. The van der Waals surface area contributed by atoms with Gasteiger partial charge in [0, 0.05) is 23.7 Å². The summed E-state index contributed by atoms with van der Waals surface area (Å²) in [5.74, 6) is -0.771. The van der Waals surface area contributed by atoms with E-state index in [2.05, 4.69) is 4.72 Å². The van der Waals surface area contributed by atoms with Gasteiger partial charge in [0.15, 0.2) is 11.6 Å². The van der Waals surface area contributed by atoms with Crippen LogP contribution >= 0.6 is 0 Å². The number of rotatable bonds is 6. The number of likely N-dealkylation sites (N-methyl/N-ethyl adjacent to an activating group) is 1. The Balaban J connectivity index is 2.20. The third-order valence-electron chi connectivity index (χ3n) is 4.29. The first-order valence-electron chi connectivity index (χ1n) is 8.50. The van der Waals surface area contributed by atoms with Gasteiger partial charge in [0.05, 0.1) is 28.8 Å². The van der Waals surface area contributed by atoms with Crippen LogP contribution in [-0.2, 0) is 10.0 Å². The summed E-state index contributed by atoms with van der Waals surface area (Å²) in [5, 5.41) is 0. The number of hydrogen-bond donors (Lipinski definition) is 2. The molecule has 8 nitrogen and oxygen atoms in total. The number of nitrogens with two attached hydrogens (primary N) is 1. The monoisotopic (exact) mass is 403 g/mol. The summed E-state index contributed by atoms with van der Waals surface area (Å²) < 4.78 is 31.7. The van der Waals surface area contributed by atoms with Gasteiger partial charge in [-0.25, -0.2) is 8.42 Å². The van der Waals surface area contributed by atoms with Gasteiger partial charge >= 0.3 is 0 Å². The molecule has 0 aliphatic heterocycles. The van der Waals surface area contributed by atoms with E-state index in [9.17, 15) is 18.0 Å². The normalized spacial score (nSPS) is 13.3. The van der Waals surface area contributed by atoms with Crippen molar-refractivity contribution in [2.75, 3.05) is 44.0 Å². The maximum Gasteiger partial charge on any atom is 0.229 e. The van der Waals surface area contributed by atoms with Gasteiger partial charge in [-0.3, -0.25) is 14.3 Å². The molecule has 0 fully saturated rings. The zero-order valence-corrected chi connectivity index (χ0v) is 16.6. The molecular weight excluding hydrogens is 382 g/mol. The van der Waals surface area contributed by atoms with Crippen LogP contribution in [-0.4, -0.2) is 58.4 Å². The number of nitrogens with zero attached hydrogens (tertiary/aromatic N) is 1. The highest BCUT2D eigenvalue weighted by molar-refractivity contribution is 7.92. The Kier molecular flexibility index (Phi) is 5.14. The fourth-order valence-corrected chi connectivity index (χ4v) is 3.59. The number of ketones is 2. The fraction of sp³-hybridized carbons (Fsp3) is 0.263. The molecule has 0 bridgehead atoms. The van der Waals surface area contributed by atoms with Crippen LogP contribution in [0.3, 0.4) is 0 Å². The van der Waals surface area contributed by atoms with E-state index in [-0.39, 0.29) is 46.0 Å². The largest absolute Gasteiger partial charge is 0.490 e. The van der Waals surface area contributed by atoms with E-state index in [4.69, 9.17) is 10.5 Å². The van der Waals surface area contributed by atoms with Crippen molar-refractivity contribution < 1.29 is 22.7 Å². The van der Waals surface area contributed by atoms with Crippen molar-refractivity contribution in [3.63, 3.8) is 0 Å². The second kappa shape index (κ2) is 7.25. The predicted molar refractivity (Wildman–Crippen MR) is 107 cm³/mol. The van der Waals surface area contributed by atoms with Gasteiger partial charge in [-0.1, -0.05) is 24.3 Å². The number of nitrogens with one attached hydrogen (secondary N) is 1. The van der Waals surface area contributed by atoms with Crippen LogP contribution in [0.15, 0.2) is 30.3 Å². The van der Waals surface area contributed by atoms with Crippen LogP contribution in [0.25, 0.3) is 0 Å². The first-order chi connectivity index (χ1) is 13.1. The lowest BCUT2D eigenvalue weighted by atomic mass is 9.82. The van der Waals surface area contributed by atoms with Gasteiger partial charge in [0.1, 0.15) is 12.4 Å². The number of anilines is 2. The molecule has 0 unspecified atom stereocenters. The van der Waals surface area contributed by atoms with Gasteiger partial charge in [0.25, 0.3) is 0 Å². The highest BCUT2D eigenvalue weighted by Gasteiger charge is 2.35. The molecule has 148 valence electrons. The molecule has 0 radical (unpaired) electrons. The van der Waals surface area contributed by atoms with Crippen molar-refractivity contribution in [1.82, 2.24) is 4.90 Å². The number of hydrogen-bond acceptors (Lipinski definition) is 7. The molecule has 3 N–H and O–H groups in total. The second-order valence-electron chi connectivity index (χ2n) is 6.82. The van der Waals surface area contributed by atoms with Crippen LogP contribution in [0.5, 0.6) is 5.75 Å². The zero-order valence-electron chi connectivity index (χ0n) is 15.8. The summed E-state index contributed by atoms with van der Waals surface area (Å²) >= 11 is 0. The first-order valence-corrected chi connectivity index (χ1v) is 10.4. The molecule has 0 heterocycles. The third kappa shape index (κ3) is 3.71. The third-order valence-corrected chi connectivity index (χ3v) is 4.88. The highest BCUT2D eigenvalue weighted by Crippen LogP contribution is 2.40. The number of nitrogen functional groups attached to an aromatic ring is 1. The number of carbonyl (C=O) groups is 2. The number of benzene rings is 2. The zero-order chi connectivity index (χ0) is 20.6. The molecule has 0 saturated carbocycles. The maximum atomic E-state index is 13.1. The Bertz CT molecular complexity index is 1080. The van der Waals surface area contributed by atoms with Crippen LogP contribution in [0.1, 0.15) is 31.8 Å². The Labute approximate surface area is 163 Å². The first kappa shape index (κ1) is 19.8. The lowest BCUT2D eigenvalue weighted by molar-refractivity contribution is 0.0980. The van der Waals surface area contributed by atoms with Gasteiger partial charge in [-0.2, -0.15) is 0 Å². The van der Waals surface area contributed by atoms with Crippen LogP contribution < -0.4 is 15.2 Å². The van der Waals surface area contributed by atoms with Crippen LogP contribution in [0.2, 0.25) is 0 Å². The van der Waals surface area contributed by atoms with Crippen LogP contribution in [0, 0.1) is 0 Å². The SMILES string of the molecule is CN(C)CCOc1cc(NS(C)(=O)=O)c2c(c1N)C(=O)c1ccccc1C2=O. The number of ether oxygens (including phenoxy) is 1. The van der Waals surface area contributed by atoms with Crippen molar-refractivity contribution in [2.45, 2.75) is 0 Å². The lowest BCUT2D eigenvalue weighted by Gasteiger charge is -2.24. The molecule has 9 heteroatoms. The molecule has 2 aromatic rings. The Hall–Kier alpha value is -2.91. The van der Waals surface area contributed by atoms with Crippen molar-refractivity contribution in [3.8, 4) is 5.75 Å². The van der Waals surface area contributed by atoms with Crippen LogP contribution in [0.4, 0.5) is 11.4 Å². The van der Waals surface area contributed by atoms with E-state index >= 15 is 0 Å². The summed E-state index contributed by atoms with van der Waals surface area (Å²) in [5.41, 5.74) is 6.48. The summed E-state index contributed by atoms with van der Waals surface area (Å²) in [6, 6.07) is 7.71. The standard InChI is InChI=1S/C19H21N3O5S/c1-22(2)8-9-27-14-10-13(21-28(3,25)26)15-16(17(14)20)19(24)12-7-5-4-6-11(12)18(15)23/h4-7,10,21H,8-9,20H2,1-3H3. The Morgan fingerprint density at radius 2 is 1.64 bits per heavy atom. The fourth-order valence-electron chi connectivity index (χ4n) is 3.03. The lowest BCUT2D eigenvalue weighted by Crippen LogP contribution is -2.26. The number of fused-ring (bicyclic) bond motifs is 2. The minimum Gasteiger partial charge on any atom is -0.490 e. The van der Waals surface area contributed by atoms with Crippen molar-refractivity contribution in [1.29, 1.82) is 0 Å². The predicted octanol–water partition coefficient (Wildman–Crippen LogP) is 1.36. The van der Waals surface area contributed by atoms with Crippen molar-refractivity contribution >= 4 is 33.0 Å². The molecular formula is C19H21N3O5S. The molecule has 28 heavy (non-hydrogen) atoms. The highest BCUT2D eigenvalue weighted by atomic mass is 32.2. The number of sulfonamides is 1. The molecule has 0 aromatic heterocycles. The van der Waals surface area contributed by atoms with Gasteiger partial charge < -0.3 is 15.4 Å². The van der Waals surface area contributed by atoms with Gasteiger partial charge in [0.2, 0.25) is 10.0 Å². The van der Waals surface area contributed by atoms with Gasteiger partial charge in [-0.05, 0) is 14.1 Å². The average molecular weight is 403 g/mol. The molecule has 2 aromatic carbocycles. The Morgan fingerprint density at radius 3 is 2.18 bits per heavy atom. The summed E-state index contributed by atoms with van der Waals surface area (Å²) in [6.45, 7) is 0.855. The van der Waals surface area contributed by atoms with E-state index in [0.717, 1.165) is 6.26 Å². The van der Waals surface area contributed by atoms with E-state index in [1.165, 1.54) is 12.1 Å². The van der Waals surface area contributed by atoms with E-state index < -0.39 is 21.6 Å². The molecule has 1 aliphatic carbocycles. The quantitative estimate of drug-likeness (QED) is 0.596. The molecule has 0 amide bonds. The second-order valence-corrected chi connectivity index (χ2v) is 8.56. The molecule has 0 atom stereocenters. The molecule has 1 aliphatic rings. The van der Waals surface area contributed by atoms with E-state index in [1.807, 2.05) is 19.0 Å². The molecule has 3 rings (SSSR count). The molecule has 0 spiro atoms. The summed E-state index contributed by atoms with van der Waals surface area (Å²) in [6.07, 6.45) is 0.964. The van der Waals surface area contributed by atoms with E-state index in [0.29, 0.717) is 6.54 Å².